The molecular formula is C13H9ClFNO2. The Labute approximate surface area is 108 Å². The van der Waals surface area contributed by atoms with Crippen LogP contribution in [-0.4, -0.2) is 11.2 Å². The molecule has 0 spiro atoms. The van der Waals surface area contributed by atoms with Crippen LogP contribution in [0.1, 0.15) is 0 Å². The van der Waals surface area contributed by atoms with Crippen molar-refractivity contribution in [1.82, 2.24) is 0 Å². The van der Waals surface area contributed by atoms with E-state index in [9.17, 15) is 9.18 Å². The predicted molar refractivity (Wildman–Crippen MR) is 68.5 cm³/mol. The fraction of sp³-hybridized carbons (Fsp3) is 0. The number of hydrogen-bond donors (Lipinski definition) is 2. The summed E-state index contributed by atoms with van der Waals surface area (Å²) in [5.74, 6) is -0.423. The zero-order chi connectivity index (χ0) is 13.1. The van der Waals surface area contributed by atoms with Gasteiger partial charge in [0.15, 0.2) is 0 Å². The first kappa shape index (κ1) is 12.4. The first-order valence-corrected chi connectivity index (χ1v) is 5.50. The van der Waals surface area contributed by atoms with Gasteiger partial charge < -0.3 is 5.11 Å². The second-order valence-corrected chi connectivity index (χ2v) is 4.04. The van der Waals surface area contributed by atoms with Crippen molar-refractivity contribution in [2.45, 2.75) is 0 Å². The quantitative estimate of drug-likeness (QED) is 0.853. The fourth-order valence-electron chi connectivity index (χ4n) is 1.65. The first-order valence-electron chi connectivity index (χ1n) is 5.12. The molecule has 2 aromatic rings. The zero-order valence-corrected chi connectivity index (χ0v) is 9.91. The number of hydrogen-bond acceptors (Lipinski definition) is 1. The highest BCUT2D eigenvalue weighted by Gasteiger charge is 2.11. The minimum atomic E-state index is -1.23. The molecule has 0 atom stereocenters. The van der Waals surface area contributed by atoms with Crippen LogP contribution in [0, 0.1) is 5.82 Å². The third-order valence-corrected chi connectivity index (χ3v) is 2.62. The minimum Gasteiger partial charge on any atom is -0.465 e. The largest absolute Gasteiger partial charge is 0.465 e. The summed E-state index contributed by atoms with van der Waals surface area (Å²) >= 11 is 5.80. The smallest absolute Gasteiger partial charge is 0.409 e. The van der Waals surface area contributed by atoms with E-state index in [1.165, 1.54) is 12.1 Å². The number of carboxylic acid groups (broad SMARTS) is 1. The predicted octanol–water partition coefficient (Wildman–Crippen LogP) is 4.24. The van der Waals surface area contributed by atoms with Crippen molar-refractivity contribution in [3.8, 4) is 11.1 Å². The SMILES string of the molecule is O=C(O)Nc1cc(Cl)ccc1-c1ccccc1F. The van der Waals surface area contributed by atoms with E-state index in [4.69, 9.17) is 16.7 Å². The number of amides is 1. The van der Waals surface area contributed by atoms with Crippen molar-refractivity contribution in [3.05, 3.63) is 53.3 Å². The number of halogens is 2. The van der Waals surface area contributed by atoms with E-state index in [1.54, 1.807) is 30.3 Å². The normalized spacial score (nSPS) is 10.1. The lowest BCUT2D eigenvalue weighted by molar-refractivity contribution is 0.210. The standard InChI is InChI=1S/C13H9ClFNO2/c14-8-5-6-10(12(7-8)16-13(17)18)9-3-1-2-4-11(9)15/h1-7,16H,(H,17,18). The molecule has 2 aromatic carbocycles. The molecule has 0 bridgehead atoms. The highest BCUT2D eigenvalue weighted by molar-refractivity contribution is 6.31. The fourth-order valence-corrected chi connectivity index (χ4v) is 1.82. The molecule has 5 heteroatoms. The van der Waals surface area contributed by atoms with E-state index >= 15 is 0 Å². The van der Waals surface area contributed by atoms with Crippen molar-refractivity contribution in [3.63, 3.8) is 0 Å². The molecule has 2 rings (SSSR count). The van der Waals surface area contributed by atoms with Gasteiger partial charge in [0.25, 0.3) is 0 Å². The van der Waals surface area contributed by atoms with E-state index in [2.05, 4.69) is 5.32 Å². The van der Waals surface area contributed by atoms with Gasteiger partial charge in [-0.1, -0.05) is 35.9 Å². The molecule has 0 saturated carbocycles. The van der Waals surface area contributed by atoms with Crippen molar-refractivity contribution in [2.75, 3.05) is 5.32 Å². The summed E-state index contributed by atoms with van der Waals surface area (Å²) in [6.07, 6.45) is -1.23. The van der Waals surface area contributed by atoms with Crippen LogP contribution in [0.15, 0.2) is 42.5 Å². The Morgan fingerprint density at radius 2 is 1.89 bits per heavy atom. The highest BCUT2D eigenvalue weighted by Crippen LogP contribution is 2.32. The summed E-state index contributed by atoms with van der Waals surface area (Å²) in [6, 6.07) is 10.7. The maximum atomic E-state index is 13.7. The number of benzene rings is 2. The molecule has 0 heterocycles. The van der Waals surface area contributed by atoms with Crippen molar-refractivity contribution in [1.29, 1.82) is 0 Å². The summed E-state index contributed by atoms with van der Waals surface area (Å²) in [6.45, 7) is 0. The molecule has 1 amide bonds. The molecule has 0 aliphatic heterocycles. The van der Waals surface area contributed by atoms with Gasteiger partial charge >= 0.3 is 6.09 Å². The Balaban J connectivity index is 2.57. The summed E-state index contributed by atoms with van der Waals surface area (Å²) in [7, 11) is 0. The van der Waals surface area contributed by atoms with Gasteiger partial charge in [-0.25, -0.2) is 9.18 Å². The van der Waals surface area contributed by atoms with Crippen LogP contribution >= 0.6 is 11.6 Å². The maximum absolute atomic E-state index is 13.7. The summed E-state index contributed by atoms with van der Waals surface area (Å²) < 4.78 is 13.7. The lowest BCUT2D eigenvalue weighted by Crippen LogP contribution is -2.08. The van der Waals surface area contributed by atoms with Gasteiger partial charge in [-0.2, -0.15) is 0 Å². The van der Waals surface area contributed by atoms with Gasteiger partial charge in [-0.15, -0.1) is 0 Å². The second kappa shape index (κ2) is 5.06. The van der Waals surface area contributed by atoms with Crippen LogP contribution in [0.5, 0.6) is 0 Å². The molecule has 18 heavy (non-hydrogen) atoms. The molecule has 0 aromatic heterocycles. The number of anilines is 1. The zero-order valence-electron chi connectivity index (χ0n) is 9.15. The minimum absolute atomic E-state index is 0.250. The van der Waals surface area contributed by atoms with Crippen LogP contribution in [-0.2, 0) is 0 Å². The third-order valence-electron chi connectivity index (χ3n) is 2.39. The van der Waals surface area contributed by atoms with Crippen LogP contribution in [0.25, 0.3) is 11.1 Å². The van der Waals surface area contributed by atoms with Crippen LogP contribution < -0.4 is 5.32 Å². The Hall–Kier alpha value is -2.07. The Kier molecular flexibility index (Phi) is 3.48. The molecule has 0 fully saturated rings. The first-order chi connectivity index (χ1) is 8.58. The van der Waals surface area contributed by atoms with Crippen LogP contribution in [0.3, 0.4) is 0 Å². The summed E-state index contributed by atoms with van der Waals surface area (Å²) in [4.78, 5) is 10.7. The molecule has 0 aliphatic carbocycles. The van der Waals surface area contributed by atoms with Gasteiger partial charge in [-0.05, 0) is 18.2 Å². The molecule has 0 saturated heterocycles. The van der Waals surface area contributed by atoms with Crippen molar-refractivity contribution >= 4 is 23.4 Å². The van der Waals surface area contributed by atoms with E-state index in [-0.39, 0.29) is 5.69 Å². The van der Waals surface area contributed by atoms with Gasteiger partial charge in [-0.3, -0.25) is 5.32 Å². The molecule has 0 aliphatic rings. The van der Waals surface area contributed by atoms with Gasteiger partial charge in [0, 0.05) is 16.1 Å². The molecule has 2 N–H and O–H groups in total. The second-order valence-electron chi connectivity index (χ2n) is 3.60. The summed E-state index contributed by atoms with van der Waals surface area (Å²) in [5.41, 5.74) is 1.01. The third kappa shape index (κ3) is 2.60. The lowest BCUT2D eigenvalue weighted by atomic mass is 10.0. The molecule has 92 valence electrons. The van der Waals surface area contributed by atoms with Gasteiger partial charge in [0.2, 0.25) is 0 Å². The van der Waals surface area contributed by atoms with E-state index in [1.807, 2.05) is 0 Å². The average Bonchev–Trinajstić information content (AvgIpc) is 2.30. The molecular weight excluding hydrogens is 257 g/mol. The molecule has 3 nitrogen and oxygen atoms in total. The monoisotopic (exact) mass is 265 g/mol. The number of nitrogens with one attached hydrogen (secondary N) is 1. The molecule has 0 radical (unpaired) electrons. The van der Waals surface area contributed by atoms with E-state index < -0.39 is 11.9 Å². The average molecular weight is 266 g/mol. The van der Waals surface area contributed by atoms with Gasteiger partial charge in [0.05, 0.1) is 5.69 Å². The number of rotatable bonds is 2. The Morgan fingerprint density at radius 3 is 2.56 bits per heavy atom. The van der Waals surface area contributed by atoms with Crippen molar-refractivity contribution < 1.29 is 14.3 Å². The number of carbonyl (C=O) groups is 1. The topological polar surface area (TPSA) is 49.3 Å². The Morgan fingerprint density at radius 1 is 1.17 bits per heavy atom. The highest BCUT2D eigenvalue weighted by atomic mass is 35.5. The van der Waals surface area contributed by atoms with Crippen molar-refractivity contribution in [2.24, 2.45) is 0 Å². The van der Waals surface area contributed by atoms with Crippen LogP contribution in [0.2, 0.25) is 5.02 Å². The summed E-state index contributed by atoms with van der Waals surface area (Å²) in [5, 5.41) is 11.3. The maximum Gasteiger partial charge on any atom is 0.409 e. The van der Waals surface area contributed by atoms with Gasteiger partial charge in [0.1, 0.15) is 5.82 Å². The lowest BCUT2D eigenvalue weighted by Gasteiger charge is -2.10. The van der Waals surface area contributed by atoms with Crippen LogP contribution in [0.4, 0.5) is 14.9 Å². The van der Waals surface area contributed by atoms with E-state index in [0.717, 1.165) is 0 Å². The Bertz CT molecular complexity index is 601. The molecule has 0 unspecified atom stereocenters. The van der Waals surface area contributed by atoms with E-state index in [0.29, 0.717) is 16.1 Å².